The molecule has 0 saturated heterocycles. The summed E-state index contributed by atoms with van der Waals surface area (Å²) in [6.45, 7) is 7.00. The highest BCUT2D eigenvalue weighted by Gasteiger charge is 2.30. The summed E-state index contributed by atoms with van der Waals surface area (Å²) in [6, 6.07) is 6.26. The van der Waals surface area contributed by atoms with Gasteiger partial charge in [-0.15, -0.1) is 6.58 Å². The molecule has 14 heavy (non-hydrogen) atoms. The molecule has 0 radical (unpaired) electrons. The zero-order chi connectivity index (χ0) is 10.8. The highest BCUT2D eigenvalue weighted by molar-refractivity contribution is 5.25. The van der Waals surface area contributed by atoms with E-state index in [1.807, 2.05) is 0 Å². The first-order chi connectivity index (χ1) is 6.50. The van der Waals surface area contributed by atoms with E-state index < -0.39 is 5.60 Å². The van der Waals surface area contributed by atoms with Gasteiger partial charge in [-0.2, -0.15) is 0 Å². The molecule has 0 aromatic heterocycles. The number of hydrogen-bond acceptors (Lipinski definition) is 1. The van der Waals surface area contributed by atoms with Crippen LogP contribution in [0.2, 0.25) is 0 Å². The molecule has 2 heteroatoms. The molecule has 0 fully saturated rings. The Bertz CT molecular complexity index is 331. The van der Waals surface area contributed by atoms with Crippen LogP contribution in [-0.4, -0.2) is 5.11 Å². The number of aliphatic hydroxyl groups is 1. The van der Waals surface area contributed by atoms with Gasteiger partial charge in [0.1, 0.15) is 5.82 Å². The largest absolute Gasteiger partial charge is 0.385 e. The topological polar surface area (TPSA) is 20.2 Å². The molecule has 0 spiro atoms. The van der Waals surface area contributed by atoms with E-state index in [4.69, 9.17) is 0 Å². The summed E-state index contributed by atoms with van der Waals surface area (Å²) in [5, 5.41) is 10.1. The third-order valence-corrected chi connectivity index (χ3v) is 2.66. The zero-order valence-corrected chi connectivity index (χ0v) is 8.50. The van der Waals surface area contributed by atoms with Crippen molar-refractivity contribution < 1.29 is 9.50 Å². The van der Waals surface area contributed by atoms with Gasteiger partial charge in [0, 0.05) is 11.5 Å². The summed E-state index contributed by atoms with van der Waals surface area (Å²) in [5.74, 6) is -0.578. The summed E-state index contributed by atoms with van der Waals surface area (Å²) >= 11 is 0. The molecule has 0 heterocycles. The third-order valence-electron chi connectivity index (χ3n) is 2.66. The van der Waals surface area contributed by atoms with Gasteiger partial charge in [0.05, 0.1) is 5.60 Å². The minimum atomic E-state index is -1.20. The number of benzene rings is 1. The smallest absolute Gasteiger partial charge is 0.129 e. The van der Waals surface area contributed by atoms with Crippen molar-refractivity contribution >= 4 is 0 Å². The normalized spacial score (nSPS) is 17.1. The summed E-state index contributed by atoms with van der Waals surface area (Å²) in [6.07, 6.45) is 1.62. The molecule has 1 rings (SSSR count). The molecule has 1 N–H and O–H groups in total. The van der Waals surface area contributed by atoms with Crippen molar-refractivity contribution in [3.8, 4) is 0 Å². The maximum Gasteiger partial charge on any atom is 0.129 e. The van der Waals surface area contributed by atoms with Gasteiger partial charge in [0.2, 0.25) is 0 Å². The lowest BCUT2D eigenvalue weighted by atomic mass is 9.84. The first kappa shape index (κ1) is 10.9. The van der Waals surface area contributed by atoms with E-state index in [-0.39, 0.29) is 11.7 Å². The second-order valence-corrected chi connectivity index (χ2v) is 3.65. The lowest BCUT2D eigenvalue weighted by molar-refractivity contribution is 0.0171. The van der Waals surface area contributed by atoms with Gasteiger partial charge in [-0.1, -0.05) is 31.2 Å². The lowest BCUT2D eigenvalue weighted by Crippen LogP contribution is -2.29. The summed E-state index contributed by atoms with van der Waals surface area (Å²) < 4.78 is 13.4. The fourth-order valence-electron chi connectivity index (χ4n) is 1.35. The van der Waals surface area contributed by atoms with E-state index in [1.54, 1.807) is 38.1 Å². The molecular formula is C12H15FO. The van der Waals surface area contributed by atoms with Gasteiger partial charge in [0.25, 0.3) is 0 Å². The number of halogens is 1. The molecule has 2 atom stereocenters. The van der Waals surface area contributed by atoms with Crippen molar-refractivity contribution in [2.75, 3.05) is 0 Å². The number of hydrogen-bond donors (Lipinski definition) is 1. The van der Waals surface area contributed by atoms with Gasteiger partial charge < -0.3 is 5.11 Å². The van der Waals surface area contributed by atoms with E-state index in [0.29, 0.717) is 5.56 Å². The quantitative estimate of drug-likeness (QED) is 0.733. The Morgan fingerprint density at radius 3 is 2.57 bits per heavy atom. The van der Waals surface area contributed by atoms with E-state index >= 15 is 0 Å². The molecule has 1 aromatic carbocycles. The van der Waals surface area contributed by atoms with Gasteiger partial charge in [-0.25, -0.2) is 4.39 Å². The number of rotatable bonds is 3. The van der Waals surface area contributed by atoms with Crippen LogP contribution in [0.3, 0.4) is 0 Å². The molecule has 0 unspecified atom stereocenters. The summed E-state index contributed by atoms with van der Waals surface area (Å²) in [5.41, 5.74) is -0.889. The van der Waals surface area contributed by atoms with Crippen LogP contribution in [0, 0.1) is 11.7 Å². The van der Waals surface area contributed by atoms with Gasteiger partial charge in [-0.05, 0) is 13.0 Å². The maximum atomic E-state index is 13.4. The van der Waals surface area contributed by atoms with Crippen LogP contribution in [0.15, 0.2) is 36.9 Å². The molecule has 0 amide bonds. The Hall–Kier alpha value is -1.15. The average molecular weight is 194 g/mol. The van der Waals surface area contributed by atoms with E-state index in [9.17, 15) is 9.50 Å². The van der Waals surface area contributed by atoms with Crippen LogP contribution in [0.5, 0.6) is 0 Å². The second-order valence-electron chi connectivity index (χ2n) is 3.65. The predicted octanol–water partition coefficient (Wildman–Crippen LogP) is 2.86. The standard InChI is InChI=1S/C12H15FO/c1-4-9(2)12(3,14)10-7-5-6-8-11(10)13/h4-9,14H,1H2,2-3H3/t9-,12+/m1/s1. The molecule has 1 nitrogen and oxygen atoms in total. The molecule has 0 saturated carbocycles. The van der Waals surface area contributed by atoms with E-state index in [0.717, 1.165) is 0 Å². The van der Waals surface area contributed by atoms with Crippen LogP contribution < -0.4 is 0 Å². The van der Waals surface area contributed by atoms with Crippen molar-refractivity contribution in [1.29, 1.82) is 0 Å². The maximum absolute atomic E-state index is 13.4. The fourth-order valence-corrected chi connectivity index (χ4v) is 1.35. The Kier molecular flexibility index (Phi) is 3.06. The molecule has 0 aliphatic carbocycles. The second kappa shape index (κ2) is 3.93. The van der Waals surface area contributed by atoms with Gasteiger partial charge in [0.15, 0.2) is 0 Å². The molecule has 76 valence electrons. The molecule has 1 aromatic rings. The Labute approximate surface area is 83.9 Å². The van der Waals surface area contributed by atoms with Crippen molar-refractivity contribution in [2.24, 2.45) is 5.92 Å². The van der Waals surface area contributed by atoms with E-state index in [2.05, 4.69) is 6.58 Å². The van der Waals surface area contributed by atoms with Crippen LogP contribution in [0.4, 0.5) is 4.39 Å². The van der Waals surface area contributed by atoms with Crippen molar-refractivity contribution in [3.63, 3.8) is 0 Å². The van der Waals surface area contributed by atoms with Gasteiger partial charge >= 0.3 is 0 Å². The highest BCUT2D eigenvalue weighted by atomic mass is 19.1. The van der Waals surface area contributed by atoms with Gasteiger partial charge in [-0.3, -0.25) is 0 Å². The molecule has 0 aliphatic rings. The summed E-state index contributed by atoms with van der Waals surface area (Å²) in [7, 11) is 0. The van der Waals surface area contributed by atoms with Crippen LogP contribution >= 0.6 is 0 Å². The fraction of sp³-hybridized carbons (Fsp3) is 0.333. The average Bonchev–Trinajstić information content (AvgIpc) is 2.17. The Morgan fingerprint density at radius 1 is 1.50 bits per heavy atom. The minimum Gasteiger partial charge on any atom is -0.385 e. The molecule has 0 bridgehead atoms. The van der Waals surface area contributed by atoms with E-state index in [1.165, 1.54) is 6.07 Å². The van der Waals surface area contributed by atoms with Crippen molar-refractivity contribution in [2.45, 2.75) is 19.4 Å². The first-order valence-corrected chi connectivity index (χ1v) is 4.60. The monoisotopic (exact) mass is 194 g/mol. The SMILES string of the molecule is C=C[C@@H](C)[C@](C)(O)c1ccccc1F. The van der Waals surface area contributed by atoms with Crippen LogP contribution in [-0.2, 0) is 5.60 Å². The Balaban J connectivity index is 3.15. The van der Waals surface area contributed by atoms with Crippen LogP contribution in [0.1, 0.15) is 19.4 Å². The minimum absolute atomic E-state index is 0.195. The highest BCUT2D eigenvalue weighted by Crippen LogP contribution is 2.31. The third kappa shape index (κ3) is 1.85. The first-order valence-electron chi connectivity index (χ1n) is 4.60. The molecular weight excluding hydrogens is 179 g/mol. The molecule has 0 aliphatic heterocycles. The lowest BCUT2D eigenvalue weighted by Gasteiger charge is -2.28. The van der Waals surface area contributed by atoms with Crippen molar-refractivity contribution in [1.82, 2.24) is 0 Å². The van der Waals surface area contributed by atoms with Crippen molar-refractivity contribution in [3.05, 3.63) is 48.3 Å². The predicted molar refractivity (Wildman–Crippen MR) is 55.3 cm³/mol. The zero-order valence-electron chi connectivity index (χ0n) is 8.50. The summed E-state index contributed by atoms with van der Waals surface area (Å²) in [4.78, 5) is 0. The Morgan fingerprint density at radius 2 is 2.07 bits per heavy atom. The van der Waals surface area contributed by atoms with Crippen LogP contribution in [0.25, 0.3) is 0 Å².